The van der Waals surface area contributed by atoms with Crippen molar-refractivity contribution in [3.8, 4) is 0 Å². The van der Waals surface area contributed by atoms with Crippen molar-refractivity contribution in [2.75, 3.05) is 104 Å². The van der Waals surface area contributed by atoms with Gasteiger partial charge in [0.2, 0.25) is 0 Å². The number of hydrogen-bond donors (Lipinski definition) is 2. The Hall–Kier alpha value is -1.79. The van der Waals surface area contributed by atoms with Gasteiger partial charge in [0.05, 0.1) is 84.8 Å². The Bertz CT molecular complexity index is 604. The molecule has 0 heterocycles. The molecule has 0 saturated heterocycles. The summed E-state index contributed by atoms with van der Waals surface area (Å²) in [6.45, 7) is 9.66. The number of esters is 1. The number of ether oxygens (including phenoxy) is 7. The van der Waals surface area contributed by atoms with Crippen LogP contribution in [0.15, 0.2) is 24.3 Å². The largest absolute Gasteiger partial charge is 0.460 e. The van der Waals surface area contributed by atoms with Crippen molar-refractivity contribution in [2.45, 2.75) is 19.8 Å². The van der Waals surface area contributed by atoms with Gasteiger partial charge in [-0.1, -0.05) is 13.3 Å². The summed E-state index contributed by atoms with van der Waals surface area (Å²) in [5, 5.41) is 3.31. The fraction of sp³-hybridized carbons (Fsp3) is 0.720. The monoisotopic (exact) mass is 500 g/mol. The smallest absolute Gasteiger partial charge is 0.338 e. The number of carbonyl (C=O) groups excluding carboxylic acids is 1. The topological polar surface area (TPSA) is 120 Å². The standard InChI is InChI=1S/C25H44N2O8/c1-2-3-9-27-24-6-4-23(5-7-24)25(28)35-22-21-34-20-19-33-18-17-32-16-15-31-14-13-30-12-11-29-10-8-26/h4-7,27H,2-3,8-22,26H2,1H3. The number of benzene rings is 1. The molecule has 0 aliphatic rings. The lowest BCUT2D eigenvalue weighted by molar-refractivity contribution is -0.0191. The molecule has 0 aromatic heterocycles. The summed E-state index contributed by atoms with van der Waals surface area (Å²) in [5.74, 6) is -0.355. The average molecular weight is 501 g/mol. The van der Waals surface area contributed by atoms with Crippen LogP contribution in [0.3, 0.4) is 0 Å². The zero-order valence-corrected chi connectivity index (χ0v) is 21.2. The first-order valence-electron chi connectivity index (χ1n) is 12.5. The number of nitrogens with two attached hydrogens (primary N) is 1. The number of rotatable bonds is 25. The molecule has 0 spiro atoms. The molecule has 10 heteroatoms. The zero-order valence-electron chi connectivity index (χ0n) is 21.2. The molecule has 0 atom stereocenters. The normalized spacial score (nSPS) is 11.0. The summed E-state index contributed by atoms with van der Waals surface area (Å²) < 4.78 is 37.4. The first-order chi connectivity index (χ1) is 17.3. The Morgan fingerprint density at radius 1 is 0.686 bits per heavy atom. The van der Waals surface area contributed by atoms with Gasteiger partial charge >= 0.3 is 5.97 Å². The van der Waals surface area contributed by atoms with Crippen LogP contribution >= 0.6 is 0 Å². The van der Waals surface area contributed by atoms with Crippen molar-refractivity contribution < 1.29 is 38.0 Å². The Labute approximate surface area is 209 Å². The van der Waals surface area contributed by atoms with Crippen LogP contribution in [0, 0.1) is 0 Å². The number of anilines is 1. The highest BCUT2D eigenvalue weighted by Crippen LogP contribution is 2.10. The predicted octanol–water partition coefficient (Wildman–Crippen LogP) is 2.11. The van der Waals surface area contributed by atoms with Gasteiger partial charge in [-0.25, -0.2) is 4.79 Å². The van der Waals surface area contributed by atoms with E-state index in [1.54, 1.807) is 12.1 Å². The molecule has 0 aliphatic carbocycles. The van der Waals surface area contributed by atoms with E-state index >= 15 is 0 Å². The lowest BCUT2D eigenvalue weighted by Crippen LogP contribution is -2.15. The fourth-order valence-electron chi connectivity index (χ4n) is 2.70. The molecule has 202 valence electrons. The minimum Gasteiger partial charge on any atom is -0.460 e. The second kappa shape index (κ2) is 23.9. The number of carbonyl (C=O) groups is 1. The van der Waals surface area contributed by atoms with E-state index in [1.165, 1.54) is 0 Å². The summed E-state index contributed by atoms with van der Waals surface area (Å²) >= 11 is 0. The summed E-state index contributed by atoms with van der Waals surface area (Å²) in [6, 6.07) is 7.29. The molecule has 0 bridgehead atoms. The van der Waals surface area contributed by atoms with Crippen LogP contribution in [0.4, 0.5) is 5.69 Å². The Balaban J connectivity index is 1.82. The molecular weight excluding hydrogens is 456 g/mol. The highest BCUT2D eigenvalue weighted by Gasteiger charge is 2.06. The van der Waals surface area contributed by atoms with Crippen LogP contribution in [0.2, 0.25) is 0 Å². The molecule has 0 fully saturated rings. The molecule has 0 aliphatic heterocycles. The van der Waals surface area contributed by atoms with E-state index < -0.39 is 0 Å². The van der Waals surface area contributed by atoms with E-state index in [0.717, 1.165) is 25.1 Å². The minimum atomic E-state index is -0.355. The maximum absolute atomic E-state index is 12.0. The van der Waals surface area contributed by atoms with Gasteiger partial charge in [0, 0.05) is 18.8 Å². The maximum atomic E-state index is 12.0. The number of unbranched alkanes of at least 4 members (excludes halogenated alkanes) is 1. The van der Waals surface area contributed by atoms with Crippen LogP contribution < -0.4 is 11.1 Å². The summed E-state index contributed by atoms with van der Waals surface area (Å²) in [5.41, 5.74) is 6.84. The highest BCUT2D eigenvalue weighted by atomic mass is 16.6. The van der Waals surface area contributed by atoms with Crippen molar-refractivity contribution in [3.63, 3.8) is 0 Å². The second-order valence-corrected chi connectivity index (χ2v) is 7.46. The van der Waals surface area contributed by atoms with Gasteiger partial charge in [0.1, 0.15) is 6.61 Å². The second-order valence-electron chi connectivity index (χ2n) is 7.46. The van der Waals surface area contributed by atoms with Crippen LogP contribution in [0.1, 0.15) is 30.1 Å². The first-order valence-corrected chi connectivity index (χ1v) is 12.5. The molecule has 0 amide bonds. The Morgan fingerprint density at radius 3 is 1.54 bits per heavy atom. The van der Waals surface area contributed by atoms with E-state index in [9.17, 15) is 4.79 Å². The Morgan fingerprint density at radius 2 is 1.11 bits per heavy atom. The van der Waals surface area contributed by atoms with Crippen molar-refractivity contribution >= 4 is 11.7 Å². The fourth-order valence-corrected chi connectivity index (χ4v) is 2.70. The van der Waals surface area contributed by atoms with E-state index in [0.29, 0.717) is 91.4 Å². The number of hydrogen-bond acceptors (Lipinski definition) is 10. The van der Waals surface area contributed by atoms with Gasteiger partial charge in [-0.05, 0) is 30.7 Å². The average Bonchev–Trinajstić information content (AvgIpc) is 2.88. The number of nitrogens with one attached hydrogen (secondary N) is 1. The van der Waals surface area contributed by atoms with Gasteiger partial charge in [-0.15, -0.1) is 0 Å². The van der Waals surface area contributed by atoms with Gasteiger partial charge in [0.25, 0.3) is 0 Å². The van der Waals surface area contributed by atoms with Crippen molar-refractivity contribution in [1.29, 1.82) is 0 Å². The molecule has 1 rings (SSSR count). The first kappa shape index (κ1) is 31.2. The van der Waals surface area contributed by atoms with Crippen LogP contribution in [-0.2, 0) is 33.2 Å². The molecule has 10 nitrogen and oxygen atoms in total. The van der Waals surface area contributed by atoms with Gasteiger partial charge in [-0.3, -0.25) is 0 Å². The lowest BCUT2D eigenvalue weighted by atomic mass is 10.2. The van der Waals surface area contributed by atoms with E-state index in [1.807, 2.05) is 12.1 Å². The SMILES string of the molecule is CCCCNc1ccc(C(=O)OCCOCCOCCOCCOCCOCCOCCN)cc1. The summed E-state index contributed by atoms with van der Waals surface area (Å²) in [6.07, 6.45) is 2.25. The van der Waals surface area contributed by atoms with Gasteiger partial charge in [0.15, 0.2) is 0 Å². The third-order valence-corrected chi connectivity index (χ3v) is 4.56. The van der Waals surface area contributed by atoms with E-state index in [2.05, 4.69) is 12.2 Å². The quantitative estimate of drug-likeness (QED) is 0.153. The summed E-state index contributed by atoms with van der Waals surface area (Å²) in [7, 11) is 0. The minimum absolute atomic E-state index is 0.200. The predicted molar refractivity (Wildman–Crippen MR) is 134 cm³/mol. The third-order valence-electron chi connectivity index (χ3n) is 4.56. The lowest BCUT2D eigenvalue weighted by Gasteiger charge is -2.09. The molecule has 3 N–H and O–H groups in total. The molecular formula is C25H44N2O8. The van der Waals surface area contributed by atoms with E-state index in [4.69, 9.17) is 38.9 Å². The van der Waals surface area contributed by atoms with Crippen molar-refractivity contribution in [2.24, 2.45) is 5.73 Å². The Kier molecular flexibility index (Phi) is 21.4. The highest BCUT2D eigenvalue weighted by molar-refractivity contribution is 5.89. The molecule has 0 saturated carbocycles. The van der Waals surface area contributed by atoms with Crippen molar-refractivity contribution in [1.82, 2.24) is 0 Å². The third kappa shape index (κ3) is 19.1. The molecule has 1 aromatic carbocycles. The molecule has 0 radical (unpaired) electrons. The zero-order chi connectivity index (χ0) is 25.2. The van der Waals surface area contributed by atoms with Crippen LogP contribution in [0.5, 0.6) is 0 Å². The molecule has 35 heavy (non-hydrogen) atoms. The van der Waals surface area contributed by atoms with Crippen LogP contribution in [-0.4, -0.2) is 105 Å². The molecule has 1 aromatic rings. The van der Waals surface area contributed by atoms with Gasteiger partial charge < -0.3 is 44.2 Å². The van der Waals surface area contributed by atoms with Gasteiger partial charge in [-0.2, -0.15) is 0 Å². The van der Waals surface area contributed by atoms with Crippen LogP contribution in [0.25, 0.3) is 0 Å². The van der Waals surface area contributed by atoms with E-state index in [-0.39, 0.29) is 12.6 Å². The maximum Gasteiger partial charge on any atom is 0.338 e. The summed E-state index contributed by atoms with van der Waals surface area (Å²) in [4.78, 5) is 12.0. The van der Waals surface area contributed by atoms with Crippen molar-refractivity contribution in [3.05, 3.63) is 29.8 Å². The molecule has 0 unspecified atom stereocenters.